The lowest BCUT2D eigenvalue weighted by atomic mass is 10.2. The standard InChI is InChI=1S/C18H27N3.2C2H6/c1-16-8-9-17(19-15-16)5-4-10-20-11-13-21(14-12-20)18-6-2-3-7-18;2*1-2/h4-5,8-9,15,18H,2-3,6-7,10-14H2,1H3;2*1-2H3/b5-4+;;. The van der Waals surface area contributed by atoms with Crippen LogP contribution in [0.4, 0.5) is 0 Å². The van der Waals surface area contributed by atoms with Crippen molar-refractivity contribution in [3.63, 3.8) is 0 Å². The Bertz CT molecular complexity index is 453. The van der Waals surface area contributed by atoms with E-state index in [1.165, 1.54) is 57.4 Å². The van der Waals surface area contributed by atoms with E-state index in [0.29, 0.717) is 0 Å². The molecule has 0 radical (unpaired) electrons. The van der Waals surface area contributed by atoms with Crippen molar-refractivity contribution in [1.29, 1.82) is 0 Å². The van der Waals surface area contributed by atoms with Crippen molar-refractivity contribution >= 4 is 6.08 Å². The third-order valence-corrected chi connectivity index (χ3v) is 4.83. The average molecular weight is 346 g/mol. The van der Waals surface area contributed by atoms with E-state index >= 15 is 0 Å². The van der Waals surface area contributed by atoms with Gasteiger partial charge in [-0.05, 0) is 37.5 Å². The highest BCUT2D eigenvalue weighted by Gasteiger charge is 2.25. The first-order valence-corrected chi connectivity index (χ1v) is 10.4. The van der Waals surface area contributed by atoms with Crippen LogP contribution in [0.15, 0.2) is 24.4 Å². The third kappa shape index (κ3) is 7.70. The lowest BCUT2D eigenvalue weighted by Gasteiger charge is -2.37. The fourth-order valence-corrected chi connectivity index (χ4v) is 3.48. The van der Waals surface area contributed by atoms with Crippen LogP contribution in [0.5, 0.6) is 0 Å². The minimum absolute atomic E-state index is 0.888. The molecule has 0 aromatic carbocycles. The van der Waals surface area contributed by atoms with Crippen LogP contribution < -0.4 is 0 Å². The zero-order chi connectivity index (χ0) is 18.5. The van der Waals surface area contributed by atoms with E-state index in [4.69, 9.17) is 0 Å². The van der Waals surface area contributed by atoms with Crippen molar-refractivity contribution in [1.82, 2.24) is 14.8 Å². The Hall–Kier alpha value is -1.19. The van der Waals surface area contributed by atoms with Crippen molar-refractivity contribution in [2.24, 2.45) is 0 Å². The SMILES string of the molecule is CC.CC.Cc1ccc(/C=C/CN2CCN(C3CCCC3)CC2)nc1. The molecule has 0 N–H and O–H groups in total. The summed E-state index contributed by atoms with van der Waals surface area (Å²) in [5.74, 6) is 0. The number of aryl methyl sites for hydroxylation is 1. The maximum atomic E-state index is 4.41. The summed E-state index contributed by atoms with van der Waals surface area (Å²) in [7, 11) is 0. The zero-order valence-corrected chi connectivity index (χ0v) is 17.2. The number of nitrogens with zero attached hydrogens (tertiary/aromatic N) is 3. The van der Waals surface area contributed by atoms with Gasteiger partial charge in [0.1, 0.15) is 0 Å². The quantitative estimate of drug-likeness (QED) is 0.764. The second-order valence-corrected chi connectivity index (χ2v) is 6.44. The number of hydrogen-bond donors (Lipinski definition) is 0. The Morgan fingerprint density at radius 1 is 1.00 bits per heavy atom. The van der Waals surface area contributed by atoms with E-state index in [1.807, 2.05) is 33.9 Å². The van der Waals surface area contributed by atoms with Gasteiger partial charge in [-0.25, -0.2) is 0 Å². The zero-order valence-electron chi connectivity index (χ0n) is 17.2. The van der Waals surface area contributed by atoms with E-state index in [2.05, 4.69) is 46.0 Å². The number of piperazine rings is 1. The van der Waals surface area contributed by atoms with Crippen molar-refractivity contribution in [3.8, 4) is 0 Å². The summed E-state index contributed by atoms with van der Waals surface area (Å²) in [6.07, 6.45) is 12.1. The smallest absolute Gasteiger partial charge is 0.0627 e. The first-order valence-electron chi connectivity index (χ1n) is 10.4. The van der Waals surface area contributed by atoms with E-state index < -0.39 is 0 Å². The molecule has 1 saturated heterocycles. The van der Waals surface area contributed by atoms with Crippen LogP contribution in [-0.2, 0) is 0 Å². The van der Waals surface area contributed by atoms with Crippen LogP contribution >= 0.6 is 0 Å². The molecule has 0 spiro atoms. The highest BCUT2D eigenvalue weighted by Crippen LogP contribution is 2.24. The van der Waals surface area contributed by atoms with Crippen molar-refractivity contribution < 1.29 is 0 Å². The molecular formula is C22H39N3. The van der Waals surface area contributed by atoms with Crippen LogP contribution in [-0.4, -0.2) is 53.5 Å². The predicted molar refractivity (Wildman–Crippen MR) is 111 cm³/mol. The third-order valence-electron chi connectivity index (χ3n) is 4.83. The van der Waals surface area contributed by atoms with E-state index in [9.17, 15) is 0 Å². The molecule has 1 aliphatic heterocycles. The first-order chi connectivity index (χ1) is 12.3. The molecule has 0 unspecified atom stereocenters. The Morgan fingerprint density at radius 2 is 1.64 bits per heavy atom. The molecule has 1 aliphatic carbocycles. The molecule has 3 nitrogen and oxygen atoms in total. The fourth-order valence-electron chi connectivity index (χ4n) is 3.48. The molecule has 1 saturated carbocycles. The summed E-state index contributed by atoms with van der Waals surface area (Å²) in [6, 6.07) is 5.09. The van der Waals surface area contributed by atoms with Crippen molar-refractivity contribution in [2.45, 2.75) is 66.3 Å². The van der Waals surface area contributed by atoms with Crippen LogP contribution in [0.3, 0.4) is 0 Å². The van der Waals surface area contributed by atoms with Gasteiger partial charge in [-0.15, -0.1) is 0 Å². The van der Waals surface area contributed by atoms with Gasteiger partial charge in [-0.1, -0.05) is 52.7 Å². The Kier molecular flexibility index (Phi) is 11.4. The fraction of sp³-hybridized carbons (Fsp3) is 0.682. The van der Waals surface area contributed by atoms with Gasteiger partial charge in [-0.2, -0.15) is 0 Å². The summed E-state index contributed by atoms with van der Waals surface area (Å²) in [5, 5.41) is 0. The summed E-state index contributed by atoms with van der Waals surface area (Å²) < 4.78 is 0. The molecule has 25 heavy (non-hydrogen) atoms. The molecule has 0 amide bonds. The second-order valence-electron chi connectivity index (χ2n) is 6.44. The number of aromatic nitrogens is 1. The molecule has 2 fully saturated rings. The highest BCUT2D eigenvalue weighted by atomic mass is 15.3. The lowest BCUT2D eigenvalue weighted by Crippen LogP contribution is -2.49. The van der Waals surface area contributed by atoms with Gasteiger partial charge >= 0.3 is 0 Å². The number of hydrogen-bond acceptors (Lipinski definition) is 3. The molecule has 0 atom stereocenters. The van der Waals surface area contributed by atoms with Gasteiger partial charge in [0.25, 0.3) is 0 Å². The van der Waals surface area contributed by atoms with Crippen LogP contribution in [0.25, 0.3) is 6.08 Å². The lowest BCUT2D eigenvalue weighted by molar-refractivity contribution is 0.105. The molecule has 3 heteroatoms. The van der Waals surface area contributed by atoms with Gasteiger partial charge in [0.05, 0.1) is 5.69 Å². The van der Waals surface area contributed by atoms with E-state index in [0.717, 1.165) is 18.3 Å². The topological polar surface area (TPSA) is 19.4 Å². The molecule has 2 aliphatic rings. The Balaban J connectivity index is 0.000000730. The second kappa shape index (κ2) is 13.1. The molecule has 3 rings (SSSR count). The minimum Gasteiger partial charge on any atom is -0.298 e. The maximum absolute atomic E-state index is 4.41. The molecule has 1 aromatic rings. The number of rotatable bonds is 4. The molecule has 142 valence electrons. The number of pyridine rings is 1. The van der Waals surface area contributed by atoms with Gasteiger partial charge in [-0.3, -0.25) is 14.8 Å². The van der Waals surface area contributed by atoms with E-state index in [1.54, 1.807) is 0 Å². The van der Waals surface area contributed by atoms with Crippen molar-refractivity contribution in [2.75, 3.05) is 32.7 Å². The van der Waals surface area contributed by atoms with E-state index in [-0.39, 0.29) is 0 Å². The van der Waals surface area contributed by atoms with Gasteiger partial charge in [0.15, 0.2) is 0 Å². The average Bonchev–Trinajstić information content (AvgIpc) is 3.22. The largest absolute Gasteiger partial charge is 0.298 e. The highest BCUT2D eigenvalue weighted by molar-refractivity contribution is 5.44. The normalized spacial score (nSPS) is 19.2. The maximum Gasteiger partial charge on any atom is 0.0627 e. The molecule has 2 heterocycles. The summed E-state index contributed by atoms with van der Waals surface area (Å²) in [4.78, 5) is 9.68. The molecular weight excluding hydrogens is 306 g/mol. The summed E-state index contributed by atoms with van der Waals surface area (Å²) in [5.41, 5.74) is 2.28. The minimum atomic E-state index is 0.888. The summed E-state index contributed by atoms with van der Waals surface area (Å²) >= 11 is 0. The molecule has 0 bridgehead atoms. The summed E-state index contributed by atoms with van der Waals surface area (Å²) in [6.45, 7) is 16.0. The van der Waals surface area contributed by atoms with Crippen LogP contribution in [0, 0.1) is 6.92 Å². The van der Waals surface area contributed by atoms with Gasteiger partial charge in [0.2, 0.25) is 0 Å². The van der Waals surface area contributed by atoms with Crippen LogP contribution in [0.1, 0.15) is 64.6 Å². The Labute approximate surface area is 156 Å². The van der Waals surface area contributed by atoms with Gasteiger partial charge < -0.3 is 0 Å². The van der Waals surface area contributed by atoms with Crippen molar-refractivity contribution in [3.05, 3.63) is 35.7 Å². The molecule has 1 aromatic heterocycles. The predicted octanol–water partition coefficient (Wildman–Crippen LogP) is 5.02. The Morgan fingerprint density at radius 3 is 2.20 bits per heavy atom. The monoisotopic (exact) mass is 345 g/mol. The first kappa shape index (κ1) is 21.9. The van der Waals surface area contributed by atoms with Gasteiger partial charge in [0, 0.05) is 45.0 Å². The van der Waals surface area contributed by atoms with Crippen LogP contribution in [0.2, 0.25) is 0 Å².